The highest BCUT2D eigenvalue weighted by molar-refractivity contribution is 5.92. The predicted molar refractivity (Wildman–Crippen MR) is 138 cm³/mol. The van der Waals surface area contributed by atoms with Gasteiger partial charge < -0.3 is 20.3 Å². The lowest BCUT2D eigenvalue weighted by atomic mass is 9.89. The van der Waals surface area contributed by atoms with E-state index in [1.165, 1.54) is 7.11 Å². The zero-order valence-electron chi connectivity index (χ0n) is 21.3. The number of halogens is 3. The number of nitrogens with one attached hydrogen (secondary N) is 2. The van der Waals surface area contributed by atoms with Crippen molar-refractivity contribution in [2.24, 2.45) is 0 Å². The Morgan fingerprint density at radius 3 is 2.21 bits per heavy atom. The van der Waals surface area contributed by atoms with Crippen LogP contribution in [-0.4, -0.2) is 43.0 Å². The van der Waals surface area contributed by atoms with Crippen LogP contribution in [0.2, 0.25) is 0 Å². The van der Waals surface area contributed by atoms with E-state index < -0.39 is 47.5 Å². The SMILES string of the molecule is COC(=O)N[C@@H](C(=O)N1CCC(c2ccc(NC(=O)Cc3c(F)ccc(F)c3F)cc2)CC1)c1ccccc1. The van der Waals surface area contributed by atoms with Gasteiger partial charge in [0.1, 0.15) is 11.9 Å². The molecule has 2 N–H and O–H groups in total. The van der Waals surface area contributed by atoms with Gasteiger partial charge in [-0.25, -0.2) is 18.0 Å². The lowest BCUT2D eigenvalue weighted by Gasteiger charge is -2.34. The first-order valence-corrected chi connectivity index (χ1v) is 12.5. The third-order valence-electron chi connectivity index (χ3n) is 6.78. The van der Waals surface area contributed by atoms with Crippen molar-refractivity contribution in [1.29, 1.82) is 0 Å². The van der Waals surface area contributed by atoms with Crippen LogP contribution in [0.3, 0.4) is 0 Å². The average Bonchev–Trinajstić information content (AvgIpc) is 2.96. The highest BCUT2D eigenvalue weighted by atomic mass is 19.2. The smallest absolute Gasteiger partial charge is 0.407 e. The number of benzene rings is 3. The Morgan fingerprint density at radius 2 is 1.56 bits per heavy atom. The molecule has 0 bridgehead atoms. The predicted octanol–water partition coefficient (Wildman–Crippen LogP) is 5.09. The van der Waals surface area contributed by atoms with E-state index in [0.717, 1.165) is 11.6 Å². The minimum Gasteiger partial charge on any atom is -0.453 e. The molecule has 7 nitrogen and oxygen atoms in total. The summed E-state index contributed by atoms with van der Waals surface area (Å²) in [5, 5.41) is 5.19. The van der Waals surface area contributed by atoms with Gasteiger partial charge >= 0.3 is 6.09 Å². The molecule has 1 aliphatic rings. The number of carbonyl (C=O) groups is 3. The molecule has 3 amide bonds. The van der Waals surface area contributed by atoms with E-state index in [1.54, 1.807) is 41.3 Å². The van der Waals surface area contributed by atoms with E-state index in [4.69, 9.17) is 4.74 Å². The molecule has 3 aromatic rings. The maximum absolute atomic E-state index is 13.9. The normalized spacial score (nSPS) is 14.4. The van der Waals surface area contributed by atoms with Gasteiger partial charge in [0.2, 0.25) is 11.8 Å². The highest BCUT2D eigenvalue weighted by Gasteiger charge is 2.31. The first kappa shape index (κ1) is 27.7. The molecule has 0 aromatic heterocycles. The number of ether oxygens (including phenoxy) is 1. The summed E-state index contributed by atoms with van der Waals surface area (Å²) in [4.78, 5) is 39.2. The lowest BCUT2D eigenvalue weighted by molar-refractivity contribution is -0.134. The van der Waals surface area contributed by atoms with Crippen LogP contribution in [0.25, 0.3) is 0 Å². The Bertz CT molecular complexity index is 1330. The first-order chi connectivity index (χ1) is 18.8. The third kappa shape index (κ3) is 6.76. The van der Waals surface area contributed by atoms with Crippen molar-refractivity contribution < 1.29 is 32.3 Å². The molecule has 1 fully saturated rings. The summed E-state index contributed by atoms with van der Waals surface area (Å²) < 4.78 is 45.8. The van der Waals surface area contributed by atoms with Crippen molar-refractivity contribution >= 4 is 23.6 Å². The summed E-state index contributed by atoms with van der Waals surface area (Å²) >= 11 is 0. The minimum absolute atomic E-state index is 0.179. The van der Waals surface area contributed by atoms with Gasteiger partial charge in [-0.3, -0.25) is 9.59 Å². The summed E-state index contributed by atoms with van der Waals surface area (Å²) in [6.07, 6.45) is 0.0776. The summed E-state index contributed by atoms with van der Waals surface area (Å²) in [6.45, 7) is 0.998. The monoisotopic (exact) mass is 539 g/mol. The molecule has 0 radical (unpaired) electrons. The maximum Gasteiger partial charge on any atom is 0.407 e. The second kappa shape index (κ2) is 12.5. The number of piperidine rings is 1. The zero-order chi connectivity index (χ0) is 27.9. The van der Waals surface area contributed by atoms with E-state index >= 15 is 0 Å². The van der Waals surface area contributed by atoms with E-state index in [0.29, 0.717) is 43.2 Å². The number of nitrogens with zero attached hydrogens (tertiary/aromatic N) is 1. The fourth-order valence-electron chi connectivity index (χ4n) is 4.66. The van der Waals surface area contributed by atoms with E-state index in [2.05, 4.69) is 10.6 Å². The zero-order valence-corrected chi connectivity index (χ0v) is 21.3. The van der Waals surface area contributed by atoms with Gasteiger partial charge in [-0.05, 0) is 54.2 Å². The quantitative estimate of drug-likeness (QED) is 0.410. The maximum atomic E-state index is 13.9. The van der Waals surface area contributed by atoms with Crippen molar-refractivity contribution in [3.05, 3.63) is 101 Å². The van der Waals surface area contributed by atoms with Crippen LogP contribution in [0.15, 0.2) is 66.7 Å². The van der Waals surface area contributed by atoms with Crippen LogP contribution >= 0.6 is 0 Å². The van der Waals surface area contributed by atoms with Crippen molar-refractivity contribution in [3.8, 4) is 0 Å². The van der Waals surface area contributed by atoms with Gasteiger partial charge in [0.25, 0.3) is 0 Å². The van der Waals surface area contributed by atoms with E-state index in [9.17, 15) is 27.6 Å². The van der Waals surface area contributed by atoms with Crippen molar-refractivity contribution in [2.45, 2.75) is 31.2 Å². The second-order valence-corrected chi connectivity index (χ2v) is 9.25. The van der Waals surface area contributed by atoms with Crippen LogP contribution in [0.1, 0.15) is 41.5 Å². The molecular formula is C29H28F3N3O4. The molecule has 1 saturated heterocycles. The molecule has 0 aliphatic carbocycles. The van der Waals surface area contributed by atoms with Gasteiger partial charge in [0, 0.05) is 24.3 Å². The third-order valence-corrected chi connectivity index (χ3v) is 6.78. The Kier molecular flexibility index (Phi) is 8.85. The standard InChI is InChI=1S/C29H28F3N3O4/c1-39-29(38)34-27(20-5-3-2-4-6-20)28(37)35-15-13-19(14-16-35)18-7-9-21(10-8-18)33-25(36)17-22-23(30)11-12-24(31)26(22)32/h2-12,19,27H,13-17H2,1H3,(H,33,36)(H,34,38)/t27-/m1/s1. The number of methoxy groups -OCH3 is 1. The average molecular weight is 540 g/mol. The van der Waals surface area contributed by atoms with Crippen molar-refractivity contribution in [1.82, 2.24) is 10.2 Å². The van der Waals surface area contributed by atoms with Crippen molar-refractivity contribution in [2.75, 3.05) is 25.5 Å². The van der Waals surface area contributed by atoms with Crippen LogP contribution < -0.4 is 10.6 Å². The van der Waals surface area contributed by atoms with Gasteiger partial charge in [0.05, 0.1) is 13.5 Å². The van der Waals surface area contributed by atoms with Gasteiger partial charge in [0.15, 0.2) is 11.6 Å². The number of amides is 3. The van der Waals surface area contributed by atoms with Gasteiger partial charge in [-0.15, -0.1) is 0 Å². The molecule has 1 atom stereocenters. The number of rotatable bonds is 7. The summed E-state index contributed by atoms with van der Waals surface area (Å²) in [5.41, 5.74) is 1.50. The number of carbonyl (C=O) groups excluding carboxylic acids is 3. The van der Waals surface area contributed by atoms with Crippen LogP contribution in [-0.2, 0) is 20.7 Å². The number of alkyl carbamates (subject to hydrolysis) is 1. The topological polar surface area (TPSA) is 87.7 Å². The lowest BCUT2D eigenvalue weighted by Crippen LogP contribution is -2.45. The number of hydrogen-bond acceptors (Lipinski definition) is 4. The van der Waals surface area contributed by atoms with Crippen molar-refractivity contribution in [3.63, 3.8) is 0 Å². The molecular weight excluding hydrogens is 511 g/mol. The molecule has 1 aliphatic heterocycles. The Labute approximate surface area is 224 Å². The Hall–Kier alpha value is -4.34. The number of anilines is 1. The first-order valence-electron chi connectivity index (χ1n) is 12.5. The Balaban J connectivity index is 1.34. The largest absolute Gasteiger partial charge is 0.453 e. The number of likely N-dealkylation sites (tertiary alicyclic amines) is 1. The van der Waals surface area contributed by atoms with E-state index in [-0.39, 0.29) is 11.8 Å². The molecule has 10 heteroatoms. The van der Waals surface area contributed by atoms with Gasteiger partial charge in [-0.1, -0.05) is 42.5 Å². The molecule has 0 saturated carbocycles. The Morgan fingerprint density at radius 1 is 0.923 bits per heavy atom. The minimum atomic E-state index is -1.37. The molecule has 1 heterocycles. The fraction of sp³-hybridized carbons (Fsp3) is 0.276. The number of hydrogen-bond donors (Lipinski definition) is 2. The van der Waals surface area contributed by atoms with Crippen LogP contribution in [0.4, 0.5) is 23.7 Å². The molecule has 204 valence electrons. The molecule has 0 unspecified atom stereocenters. The summed E-state index contributed by atoms with van der Waals surface area (Å²) in [6, 6.07) is 16.7. The van der Waals surface area contributed by atoms with E-state index in [1.807, 2.05) is 18.2 Å². The van der Waals surface area contributed by atoms with Crippen LogP contribution in [0, 0.1) is 17.5 Å². The van der Waals surface area contributed by atoms with Crippen LogP contribution in [0.5, 0.6) is 0 Å². The fourth-order valence-corrected chi connectivity index (χ4v) is 4.66. The highest BCUT2D eigenvalue weighted by Crippen LogP contribution is 2.30. The molecule has 3 aromatic carbocycles. The van der Waals surface area contributed by atoms with Gasteiger partial charge in [-0.2, -0.15) is 0 Å². The summed E-state index contributed by atoms with van der Waals surface area (Å²) in [7, 11) is 1.24. The molecule has 4 rings (SSSR count). The molecule has 39 heavy (non-hydrogen) atoms. The second-order valence-electron chi connectivity index (χ2n) is 9.25. The molecule has 0 spiro atoms. The summed E-state index contributed by atoms with van der Waals surface area (Å²) in [5.74, 6) is -4.28.